The van der Waals surface area contributed by atoms with E-state index in [0.29, 0.717) is 24.6 Å². The van der Waals surface area contributed by atoms with E-state index < -0.39 is 10.0 Å². The summed E-state index contributed by atoms with van der Waals surface area (Å²) in [6.45, 7) is 0.884. The Morgan fingerprint density at radius 3 is 2.73 bits per heavy atom. The minimum absolute atomic E-state index is 0.136. The summed E-state index contributed by atoms with van der Waals surface area (Å²) in [5.74, 6) is 0.294. The molecule has 1 atom stereocenters. The lowest BCUT2D eigenvalue weighted by Crippen LogP contribution is -2.49. The van der Waals surface area contributed by atoms with E-state index in [1.165, 1.54) is 10.6 Å². The highest BCUT2D eigenvalue weighted by Crippen LogP contribution is 2.41. The predicted molar refractivity (Wildman–Crippen MR) is 82.1 cm³/mol. The summed E-state index contributed by atoms with van der Waals surface area (Å²) in [5.41, 5.74) is 1.62. The Balaban J connectivity index is 1.69. The molecule has 0 bridgehead atoms. The van der Waals surface area contributed by atoms with Crippen molar-refractivity contribution in [1.29, 1.82) is 0 Å². The minimum atomic E-state index is -3.20. The molecule has 122 valence electrons. The van der Waals surface area contributed by atoms with Crippen LogP contribution in [0.5, 0.6) is 0 Å². The third-order valence-corrected chi connectivity index (χ3v) is 5.65. The van der Waals surface area contributed by atoms with Gasteiger partial charge in [0.1, 0.15) is 0 Å². The van der Waals surface area contributed by atoms with Crippen molar-refractivity contribution in [2.45, 2.75) is 37.6 Å². The molecule has 0 aromatic carbocycles. The zero-order chi connectivity index (χ0) is 15.9. The molecular formula is C14H22N4O3S. The highest BCUT2D eigenvalue weighted by molar-refractivity contribution is 7.88. The van der Waals surface area contributed by atoms with E-state index >= 15 is 0 Å². The minimum Gasteiger partial charge on any atom is -0.348 e. The second-order valence-electron chi connectivity index (χ2n) is 6.27. The first-order chi connectivity index (χ1) is 10.4. The zero-order valence-electron chi connectivity index (χ0n) is 12.9. The molecule has 1 saturated carbocycles. The van der Waals surface area contributed by atoms with Gasteiger partial charge in [-0.25, -0.2) is 12.7 Å². The van der Waals surface area contributed by atoms with Crippen LogP contribution in [0.4, 0.5) is 0 Å². The quantitative estimate of drug-likeness (QED) is 0.871. The molecule has 1 amide bonds. The van der Waals surface area contributed by atoms with E-state index in [1.54, 1.807) is 10.9 Å². The molecule has 8 heteroatoms. The molecule has 2 fully saturated rings. The molecule has 1 saturated heterocycles. The molecule has 2 aliphatic rings. The summed E-state index contributed by atoms with van der Waals surface area (Å²) >= 11 is 0. The maximum absolute atomic E-state index is 12.5. The van der Waals surface area contributed by atoms with Gasteiger partial charge in [0.2, 0.25) is 10.0 Å². The summed E-state index contributed by atoms with van der Waals surface area (Å²) in [4.78, 5) is 12.5. The van der Waals surface area contributed by atoms with Gasteiger partial charge in [0, 0.05) is 32.1 Å². The predicted octanol–water partition coefficient (Wildman–Crippen LogP) is 0.451. The Kier molecular flexibility index (Phi) is 3.98. The average Bonchev–Trinajstić information content (AvgIpc) is 3.20. The summed E-state index contributed by atoms with van der Waals surface area (Å²) in [6.07, 6.45) is 6.59. The number of aromatic nitrogens is 2. The van der Waals surface area contributed by atoms with Crippen LogP contribution < -0.4 is 5.32 Å². The molecule has 7 nitrogen and oxygen atoms in total. The third kappa shape index (κ3) is 3.17. The van der Waals surface area contributed by atoms with Gasteiger partial charge in [0.15, 0.2) is 0 Å². The Morgan fingerprint density at radius 2 is 2.09 bits per heavy atom. The molecule has 1 aromatic rings. The van der Waals surface area contributed by atoms with Gasteiger partial charge in [0.05, 0.1) is 23.7 Å². The van der Waals surface area contributed by atoms with Crippen LogP contribution in [-0.4, -0.2) is 53.8 Å². The maximum atomic E-state index is 12.5. The second-order valence-corrected chi connectivity index (χ2v) is 8.26. The summed E-state index contributed by atoms with van der Waals surface area (Å²) in [5, 5.41) is 7.17. The highest BCUT2D eigenvalue weighted by atomic mass is 32.2. The van der Waals surface area contributed by atoms with Gasteiger partial charge in [-0.2, -0.15) is 5.10 Å². The first-order valence-corrected chi connectivity index (χ1v) is 9.49. The third-order valence-electron chi connectivity index (χ3n) is 4.38. The van der Waals surface area contributed by atoms with Crippen molar-refractivity contribution >= 4 is 15.9 Å². The molecule has 1 aliphatic heterocycles. The molecule has 22 heavy (non-hydrogen) atoms. The lowest BCUT2D eigenvalue weighted by molar-refractivity contribution is 0.0920. The summed E-state index contributed by atoms with van der Waals surface area (Å²) in [7, 11) is -1.34. The lowest BCUT2D eigenvalue weighted by atomic mass is 10.1. The van der Waals surface area contributed by atoms with Crippen LogP contribution in [0.3, 0.4) is 0 Å². The van der Waals surface area contributed by atoms with Gasteiger partial charge in [-0.3, -0.25) is 9.48 Å². The van der Waals surface area contributed by atoms with Crippen molar-refractivity contribution in [3.05, 3.63) is 17.5 Å². The second kappa shape index (κ2) is 5.66. The van der Waals surface area contributed by atoms with Gasteiger partial charge in [-0.15, -0.1) is 0 Å². The van der Waals surface area contributed by atoms with Crippen molar-refractivity contribution in [1.82, 2.24) is 19.4 Å². The van der Waals surface area contributed by atoms with E-state index in [0.717, 1.165) is 31.4 Å². The first-order valence-electron chi connectivity index (χ1n) is 7.64. The fraction of sp³-hybridized carbons (Fsp3) is 0.714. The molecule has 2 heterocycles. The largest absolute Gasteiger partial charge is 0.348 e. The van der Waals surface area contributed by atoms with Crippen LogP contribution in [0, 0.1) is 0 Å². The van der Waals surface area contributed by atoms with E-state index in [2.05, 4.69) is 10.4 Å². The van der Waals surface area contributed by atoms with Crippen molar-refractivity contribution in [2.24, 2.45) is 7.05 Å². The number of rotatable bonds is 4. The Labute approximate surface area is 130 Å². The topological polar surface area (TPSA) is 84.3 Å². The lowest BCUT2D eigenvalue weighted by Gasteiger charge is -2.31. The average molecular weight is 326 g/mol. The van der Waals surface area contributed by atoms with E-state index in [1.807, 2.05) is 7.05 Å². The number of sulfonamides is 1. The van der Waals surface area contributed by atoms with Gasteiger partial charge >= 0.3 is 0 Å². The molecule has 1 unspecified atom stereocenters. The number of nitrogens with zero attached hydrogens (tertiary/aromatic N) is 3. The standard InChI is InChI=1S/C14H22N4O3S/c1-17-13(10-5-6-10)12(8-15-17)14(19)16-11-4-3-7-18(9-11)22(2,20)21/h8,10-11H,3-7,9H2,1-2H3,(H,16,19). The molecule has 3 rings (SSSR count). The molecular weight excluding hydrogens is 304 g/mol. The van der Waals surface area contributed by atoms with E-state index in [9.17, 15) is 13.2 Å². The SMILES string of the molecule is Cn1ncc(C(=O)NC2CCCN(S(C)(=O)=O)C2)c1C1CC1. The Hall–Kier alpha value is -1.41. The smallest absolute Gasteiger partial charge is 0.255 e. The van der Waals surface area contributed by atoms with Crippen molar-refractivity contribution in [2.75, 3.05) is 19.3 Å². The molecule has 1 aliphatic carbocycles. The van der Waals surface area contributed by atoms with Crippen LogP contribution in [0.15, 0.2) is 6.20 Å². The maximum Gasteiger partial charge on any atom is 0.255 e. The first kappa shape index (κ1) is 15.5. The Bertz CT molecular complexity index is 678. The number of hydrogen-bond acceptors (Lipinski definition) is 4. The number of carbonyl (C=O) groups excluding carboxylic acids is 1. The number of carbonyl (C=O) groups is 1. The summed E-state index contributed by atoms with van der Waals surface area (Å²) in [6, 6.07) is -0.136. The Morgan fingerprint density at radius 1 is 1.36 bits per heavy atom. The van der Waals surface area contributed by atoms with Crippen LogP contribution in [-0.2, 0) is 17.1 Å². The van der Waals surface area contributed by atoms with Crippen LogP contribution in [0.25, 0.3) is 0 Å². The van der Waals surface area contributed by atoms with Crippen molar-refractivity contribution in [3.63, 3.8) is 0 Å². The van der Waals surface area contributed by atoms with Gasteiger partial charge in [0.25, 0.3) is 5.91 Å². The number of aryl methyl sites for hydroxylation is 1. The molecule has 0 spiro atoms. The molecule has 1 N–H and O–H groups in total. The van der Waals surface area contributed by atoms with E-state index in [4.69, 9.17) is 0 Å². The van der Waals surface area contributed by atoms with Gasteiger partial charge < -0.3 is 5.32 Å². The number of hydrogen-bond donors (Lipinski definition) is 1. The van der Waals surface area contributed by atoms with Crippen LogP contribution in [0.1, 0.15) is 47.7 Å². The summed E-state index contributed by atoms with van der Waals surface area (Å²) < 4.78 is 26.5. The fourth-order valence-electron chi connectivity index (χ4n) is 3.09. The van der Waals surface area contributed by atoms with Crippen molar-refractivity contribution in [3.8, 4) is 0 Å². The fourth-order valence-corrected chi connectivity index (χ4v) is 4.00. The highest BCUT2D eigenvalue weighted by Gasteiger charge is 2.33. The normalized spacial score (nSPS) is 23.5. The number of piperidine rings is 1. The van der Waals surface area contributed by atoms with Crippen LogP contribution >= 0.6 is 0 Å². The van der Waals surface area contributed by atoms with Crippen molar-refractivity contribution < 1.29 is 13.2 Å². The van der Waals surface area contributed by atoms with Gasteiger partial charge in [-0.1, -0.05) is 0 Å². The van der Waals surface area contributed by atoms with Crippen LogP contribution in [0.2, 0.25) is 0 Å². The monoisotopic (exact) mass is 326 g/mol. The van der Waals surface area contributed by atoms with E-state index in [-0.39, 0.29) is 11.9 Å². The zero-order valence-corrected chi connectivity index (χ0v) is 13.8. The van der Waals surface area contributed by atoms with Gasteiger partial charge in [-0.05, 0) is 25.7 Å². The molecule has 0 radical (unpaired) electrons. The molecule has 1 aromatic heterocycles. The number of amides is 1. The number of nitrogens with one attached hydrogen (secondary N) is 1.